The first kappa shape index (κ1) is 109. The second-order valence-corrected chi connectivity index (χ2v) is 31.7. The summed E-state index contributed by atoms with van der Waals surface area (Å²) in [6.07, 6.45) is 11.7. The summed E-state index contributed by atoms with van der Waals surface area (Å²) in [5.41, 5.74) is -1.89. The van der Waals surface area contributed by atoms with Crippen molar-refractivity contribution < 1.29 is 172 Å². The average molecular weight is 1820 g/mol. The first-order valence-corrected chi connectivity index (χ1v) is 43.5. The fraction of sp³-hybridized carbons (Fsp3) is 0.613. The number of cyclic esters (lactones) is 9. The van der Waals surface area contributed by atoms with E-state index in [-0.39, 0.29) is 184 Å². The Morgan fingerprint density at radius 3 is 0.767 bits per heavy atom. The van der Waals surface area contributed by atoms with Crippen LogP contribution >= 0.6 is 0 Å². The van der Waals surface area contributed by atoms with Crippen molar-refractivity contribution in [1.29, 1.82) is 0 Å². The summed E-state index contributed by atoms with van der Waals surface area (Å²) in [6.45, 7) is 18.7. The molecular formula is C93H126O36. The van der Waals surface area contributed by atoms with Gasteiger partial charge in [0.2, 0.25) is 0 Å². The maximum Gasteiger partial charge on any atom is 0.310 e. The van der Waals surface area contributed by atoms with E-state index in [9.17, 15) is 86.3 Å². The highest BCUT2D eigenvalue weighted by Crippen LogP contribution is 2.43. The highest BCUT2D eigenvalue weighted by Gasteiger charge is 2.48. The lowest BCUT2D eigenvalue weighted by Gasteiger charge is -2.27. The Morgan fingerprint density at radius 1 is 0.279 bits per heavy atom. The molecule has 12 rings (SSSR count). The van der Waals surface area contributed by atoms with Crippen molar-refractivity contribution >= 4 is 107 Å². The van der Waals surface area contributed by atoms with E-state index in [4.69, 9.17) is 71.1 Å². The van der Waals surface area contributed by atoms with Gasteiger partial charge < -0.3 is 85.3 Å². The number of carbonyl (C=O) groups excluding carboxylic acids is 18. The molecule has 9 heterocycles. The van der Waals surface area contributed by atoms with E-state index in [1.165, 1.54) is 21.3 Å². The summed E-state index contributed by atoms with van der Waals surface area (Å²) in [5.74, 6) is -4.99. The number of methoxy groups -OCH3 is 3. The standard InChI is InChI=1S/C15H18O4.C14H16O4.C13H14O4.C10H16O4.2C9H14O4.2C8H12O4.C7H10O4/c1-2-10-18-14(17)11-15(9-8-13(16)19-15)12-6-4-3-5-7-12;1-2-17-13(16)10-14(9-8-12(15)18-14)11-6-4-3-5-7-11;1-16-12(15)9-13(8-7-11(14)17-13)10-5-3-2-4-6-10;1-3-6-13-9(12)7-10(2)5-4-8(11)14-10;1-3-12-8(11)6-9(2)5-4-7(10)13-9;1-2-5-12-9(11)6-7-3-4-8(10)13-7;1-8(5-7(10)11-2)4-3-6(9)12-8;1-2-11-8(10)5-6-3-4-7(9)12-6;1-10-7(9)4-5-2-3-6(8)11-5/h3-7H,2,8-11H2,1H3;3-7H,2,8-10H2,1H3;2-6H,7-9H2,1H3;3-7H2,1-2H3;3-6H2,1-2H3;7H,2-6H2,1H3;3-5H2,1-2H3;6H,2-5H2,1H3;5H,2-4H2,1H3. The van der Waals surface area contributed by atoms with Gasteiger partial charge in [-0.05, 0) is 116 Å². The number of esters is 18. The minimum absolute atomic E-state index is 0.0687. The van der Waals surface area contributed by atoms with Crippen molar-refractivity contribution in [3.8, 4) is 0 Å². The van der Waals surface area contributed by atoms with E-state index >= 15 is 0 Å². The van der Waals surface area contributed by atoms with E-state index in [0.29, 0.717) is 155 Å². The van der Waals surface area contributed by atoms with Gasteiger partial charge in [-0.25, -0.2) is 0 Å². The number of ether oxygens (including phenoxy) is 18. The molecule has 36 nitrogen and oxygen atoms in total. The molecule has 9 fully saturated rings. The zero-order valence-electron chi connectivity index (χ0n) is 76.0. The number of benzene rings is 3. The molecule has 0 radical (unpaired) electrons. The molecule has 9 aliphatic heterocycles. The van der Waals surface area contributed by atoms with Crippen molar-refractivity contribution in [2.24, 2.45) is 0 Å². The Morgan fingerprint density at radius 2 is 0.512 bits per heavy atom. The second-order valence-electron chi connectivity index (χ2n) is 31.7. The van der Waals surface area contributed by atoms with Crippen LogP contribution in [0.5, 0.6) is 0 Å². The van der Waals surface area contributed by atoms with Crippen LogP contribution in [-0.2, 0) is 188 Å². The molecule has 0 amide bonds. The molecule has 0 aliphatic carbocycles. The molecule has 129 heavy (non-hydrogen) atoms. The molecule has 9 aliphatic rings. The third-order valence-electron chi connectivity index (χ3n) is 20.6. The monoisotopic (exact) mass is 1820 g/mol. The van der Waals surface area contributed by atoms with Gasteiger partial charge in [-0.2, -0.15) is 0 Å². The second kappa shape index (κ2) is 56.4. The van der Waals surface area contributed by atoms with Crippen molar-refractivity contribution in [3.63, 3.8) is 0 Å². The molecule has 36 heteroatoms. The Balaban J connectivity index is 0.000000306. The highest BCUT2D eigenvalue weighted by atomic mass is 16.6. The number of rotatable bonds is 30. The van der Waals surface area contributed by atoms with Crippen molar-refractivity contribution in [2.75, 3.05) is 61.0 Å². The molecule has 0 N–H and O–H groups in total. The van der Waals surface area contributed by atoms with Gasteiger partial charge in [0.1, 0.15) is 51.9 Å². The smallest absolute Gasteiger partial charge is 0.310 e. The topological polar surface area (TPSA) is 473 Å². The van der Waals surface area contributed by atoms with Crippen LogP contribution in [0.2, 0.25) is 0 Å². The Labute approximate surface area is 751 Å². The third kappa shape index (κ3) is 41.0. The Kier molecular flexibility index (Phi) is 47.9. The van der Waals surface area contributed by atoms with Crippen LogP contribution in [0.25, 0.3) is 0 Å². The van der Waals surface area contributed by atoms with Gasteiger partial charge in [0.15, 0.2) is 0 Å². The first-order valence-electron chi connectivity index (χ1n) is 43.5. The van der Waals surface area contributed by atoms with E-state index < -0.39 is 33.6 Å². The predicted octanol–water partition coefficient (Wildman–Crippen LogP) is 11.6. The molecular weight excluding hydrogens is 1690 g/mol. The largest absolute Gasteiger partial charge is 0.469 e. The van der Waals surface area contributed by atoms with Gasteiger partial charge >= 0.3 is 107 Å². The first-order chi connectivity index (χ1) is 61.3. The van der Waals surface area contributed by atoms with Crippen LogP contribution < -0.4 is 0 Å². The van der Waals surface area contributed by atoms with Gasteiger partial charge in [-0.1, -0.05) is 112 Å². The SMILES string of the molecule is CCCOC(=O)CC1(C)CCC(=O)O1.CCCOC(=O)CC1(c2ccccc2)CCC(=O)O1.CCCOC(=O)CC1CCC(=O)O1.CCOC(=O)CC1(C)CCC(=O)O1.CCOC(=O)CC1(c2ccccc2)CCC(=O)O1.CCOC(=O)CC1CCC(=O)O1.COC(=O)CC1(C)CCC(=O)O1.COC(=O)CC1(c2ccccc2)CCC(=O)O1.COC(=O)CC1CCC(=O)O1. The van der Waals surface area contributed by atoms with Crippen LogP contribution in [0, 0.1) is 0 Å². The van der Waals surface area contributed by atoms with Gasteiger partial charge in [-0.15, -0.1) is 0 Å². The summed E-state index contributed by atoms with van der Waals surface area (Å²) in [5, 5.41) is 0. The van der Waals surface area contributed by atoms with Crippen LogP contribution in [0.1, 0.15) is 272 Å². The lowest BCUT2D eigenvalue weighted by atomic mass is 9.88. The fourth-order valence-electron chi connectivity index (χ4n) is 14.0. The highest BCUT2D eigenvalue weighted by molar-refractivity contribution is 5.81. The molecule has 9 unspecified atom stereocenters. The Hall–Kier alpha value is -11.9. The summed E-state index contributed by atoms with van der Waals surface area (Å²) in [4.78, 5) is 199. The van der Waals surface area contributed by atoms with Crippen LogP contribution in [0.15, 0.2) is 91.0 Å². The van der Waals surface area contributed by atoms with Crippen LogP contribution in [-0.4, -0.2) is 204 Å². The molecule has 0 aromatic heterocycles. The quantitative estimate of drug-likeness (QED) is 0.0442. The van der Waals surface area contributed by atoms with E-state index in [1.54, 1.807) is 41.5 Å². The van der Waals surface area contributed by atoms with Gasteiger partial charge in [0.25, 0.3) is 0 Å². The molecule has 3 aromatic rings. The molecule has 0 bridgehead atoms. The summed E-state index contributed by atoms with van der Waals surface area (Å²) in [7, 11) is 3.97. The van der Waals surface area contributed by atoms with E-state index in [2.05, 4.69) is 14.2 Å². The number of hydrogen-bond acceptors (Lipinski definition) is 36. The third-order valence-corrected chi connectivity index (χ3v) is 20.6. The maximum atomic E-state index is 11.8. The predicted molar refractivity (Wildman–Crippen MR) is 450 cm³/mol. The zero-order chi connectivity index (χ0) is 95.6. The molecule has 0 saturated carbocycles. The lowest BCUT2D eigenvalue weighted by molar-refractivity contribution is -0.160. The van der Waals surface area contributed by atoms with Crippen molar-refractivity contribution in [1.82, 2.24) is 0 Å². The summed E-state index contributed by atoms with van der Waals surface area (Å²) >= 11 is 0. The van der Waals surface area contributed by atoms with Crippen molar-refractivity contribution in [2.45, 2.75) is 307 Å². The van der Waals surface area contributed by atoms with Crippen LogP contribution in [0.4, 0.5) is 0 Å². The zero-order valence-corrected chi connectivity index (χ0v) is 76.0. The van der Waals surface area contributed by atoms with E-state index in [1.807, 2.05) is 112 Å². The normalized spacial score (nSPS) is 23.8. The van der Waals surface area contributed by atoms with Gasteiger partial charge in [0.05, 0.1) is 119 Å². The van der Waals surface area contributed by atoms with Gasteiger partial charge in [-0.3, -0.25) is 86.3 Å². The minimum Gasteiger partial charge on any atom is -0.469 e. The number of hydrogen-bond donors (Lipinski definition) is 0. The number of carbonyl (C=O) groups is 18. The van der Waals surface area contributed by atoms with Gasteiger partial charge in [0, 0.05) is 77.0 Å². The van der Waals surface area contributed by atoms with Crippen molar-refractivity contribution in [3.05, 3.63) is 108 Å². The summed E-state index contributed by atoms with van der Waals surface area (Å²) in [6, 6.07) is 28.1. The molecule has 3 aromatic carbocycles. The fourth-order valence-corrected chi connectivity index (χ4v) is 14.0. The summed E-state index contributed by atoms with van der Waals surface area (Å²) < 4.78 is 88.7. The minimum atomic E-state index is -0.844. The Bertz CT molecular complexity index is 4180. The average Bonchev–Trinajstić information content (AvgIpc) is 1.62. The van der Waals surface area contributed by atoms with E-state index in [0.717, 1.165) is 36.0 Å². The molecule has 0 spiro atoms. The lowest BCUT2D eigenvalue weighted by Crippen LogP contribution is -2.30. The molecule has 9 atom stereocenters. The van der Waals surface area contributed by atoms with Crippen LogP contribution in [0.3, 0.4) is 0 Å². The molecule has 9 saturated heterocycles. The molecule has 714 valence electrons. The maximum absolute atomic E-state index is 11.8.